The number of nitrogens with one attached hydrogen (secondary N) is 1. The van der Waals surface area contributed by atoms with Crippen molar-refractivity contribution >= 4 is 16.8 Å². The molecule has 0 radical (unpaired) electrons. The van der Waals surface area contributed by atoms with Crippen LogP contribution in [0.5, 0.6) is 5.88 Å². The van der Waals surface area contributed by atoms with Crippen LogP contribution in [0.1, 0.15) is 116 Å². The van der Waals surface area contributed by atoms with E-state index in [1.807, 2.05) is 40.2 Å². The third kappa shape index (κ3) is 11.0. The Morgan fingerprint density at radius 3 is 2.27 bits per heavy atom. The quantitative estimate of drug-likeness (QED) is 0.326. The second kappa shape index (κ2) is 18.5. The molecule has 2 unspecified atom stereocenters. The fraction of sp³-hybridized carbons (Fsp3) is 0.636. The van der Waals surface area contributed by atoms with Gasteiger partial charge in [0.2, 0.25) is 5.88 Å². The van der Waals surface area contributed by atoms with E-state index in [-0.39, 0.29) is 5.78 Å². The SMILES string of the molecule is CC.CCCC(C)=O.CCCc1c(C2CC(C)NC(C)C2)ccnc1C.CCc1cc2cn(C)nc2nc1OC. The van der Waals surface area contributed by atoms with Crippen molar-refractivity contribution in [2.45, 2.75) is 125 Å². The number of aromatic nitrogens is 4. The third-order valence-corrected chi connectivity index (χ3v) is 6.92. The number of fused-ring (bicyclic) bond motifs is 1. The van der Waals surface area contributed by atoms with Gasteiger partial charge in [-0.3, -0.25) is 9.67 Å². The van der Waals surface area contributed by atoms with Crippen LogP contribution in [0.15, 0.2) is 24.5 Å². The largest absolute Gasteiger partial charge is 0.481 e. The molecule has 3 aromatic heterocycles. The molecule has 1 fully saturated rings. The number of hydrogen-bond acceptors (Lipinski definition) is 6. The Morgan fingerprint density at radius 1 is 1.12 bits per heavy atom. The van der Waals surface area contributed by atoms with Crippen molar-refractivity contribution in [1.82, 2.24) is 25.1 Å². The molecule has 1 N–H and O–H groups in total. The van der Waals surface area contributed by atoms with Gasteiger partial charge >= 0.3 is 0 Å². The van der Waals surface area contributed by atoms with Gasteiger partial charge in [0.25, 0.3) is 0 Å². The molecular formula is C33H55N5O2. The summed E-state index contributed by atoms with van der Waals surface area (Å²) in [5.74, 6) is 1.68. The van der Waals surface area contributed by atoms with Gasteiger partial charge in [0.1, 0.15) is 5.78 Å². The molecule has 1 saturated heterocycles. The van der Waals surface area contributed by atoms with Crippen molar-refractivity contribution in [2.24, 2.45) is 7.05 Å². The molecule has 1 aliphatic heterocycles. The highest BCUT2D eigenvalue weighted by Gasteiger charge is 2.26. The number of piperidine rings is 1. The Labute approximate surface area is 243 Å². The standard InChI is InChI=1S/C16H26N2.C10H13N3O.C5H10O.C2H6/c1-5-6-15-13(4)17-8-7-16(15)14-9-11(2)18-12(3)10-14;1-4-7-5-8-6-13(2)12-9(8)11-10(7)14-3;1-3-4-5(2)6;1-2/h7-8,11-12,14,18H,5-6,9-10H2,1-4H3;5-6H,4H2,1-3H3;3-4H2,1-2H3;1-2H3. The molecule has 2 atom stereocenters. The molecule has 4 heterocycles. The van der Waals surface area contributed by atoms with E-state index in [0.29, 0.717) is 23.9 Å². The topological polar surface area (TPSA) is 81.9 Å². The third-order valence-electron chi connectivity index (χ3n) is 6.92. The van der Waals surface area contributed by atoms with Crippen LogP contribution in [-0.4, -0.2) is 44.7 Å². The number of pyridine rings is 2. The van der Waals surface area contributed by atoms with Crippen LogP contribution in [0.2, 0.25) is 0 Å². The van der Waals surface area contributed by atoms with Crippen molar-refractivity contribution in [1.29, 1.82) is 0 Å². The van der Waals surface area contributed by atoms with Gasteiger partial charge in [0.15, 0.2) is 5.65 Å². The minimum Gasteiger partial charge on any atom is -0.481 e. The zero-order valence-corrected chi connectivity index (χ0v) is 27.1. The number of rotatable bonds is 7. The number of carbonyl (C=O) groups excluding carboxylic acids is 1. The lowest BCUT2D eigenvalue weighted by molar-refractivity contribution is -0.117. The van der Waals surface area contributed by atoms with Gasteiger partial charge in [-0.25, -0.2) is 0 Å². The highest BCUT2D eigenvalue weighted by Crippen LogP contribution is 2.33. The van der Waals surface area contributed by atoms with E-state index >= 15 is 0 Å². The van der Waals surface area contributed by atoms with Crippen molar-refractivity contribution < 1.29 is 9.53 Å². The zero-order valence-electron chi connectivity index (χ0n) is 27.1. The summed E-state index contributed by atoms with van der Waals surface area (Å²) < 4.78 is 6.95. The predicted molar refractivity (Wildman–Crippen MR) is 168 cm³/mol. The summed E-state index contributed by atoms with van der Waals surface area (Å²) in [6.45, 7) is 18.7. The smallest absolute Gasteiger partial charge is 0.218 e. The molecule has 0 spiro atoms. The first-order valence-electron chi connectivity index (χ1n) is 15.2. The number of carbonyl (C=O) groups is 1. The van der Waals surface area contributed by atoms with Crippen LogP contribution in [0.25, 0.3) is 11.0 Å². The van der Waals surface area contributed by atoms with E-state index in [2.05, 4.69) is 67.1 Å². The molecule has 0 bridgehead atoms. The van der Waals surface area contributed by atoms with E-state index in [1.165, 1.54) is 36.9 Å². The Kier molecular flexibility index (Phi) is 16.3. The fourth-order valence-corrected chi connectivity index (χ4v) is 5.28. The summed E-state index contributed by atoms with van der Waals surface area (Å²) in [4.78, 5) is 18.9. The Hall–Kier alpha value is -2.80. The summed E-state index contributed by atoms with van der Waals surface area (Å²) in [5.41, 5.74) is 6.15. The number of Topliss-reactive ketones (excluding diaryl/α,β-unsaturated/α-hetero) is 1. The fourth-order valence-electron chi connectivity index (χ4n) is 5.28. The van der Waals surface area contributed by atoms with Crippen molar-refractivity contribution in [2.75, 3.05) is 7.11 Å². The number of methoxy groups -OCH3 is 1. The first kappa shape index (κ1) is 35.2. The van der Waals surface area contributed by atoms with Crippen LogP contribution < -0.4 is 10.1 Å². The van der Waals surface area contributed by atoms with Gasteiger partial charge in [-0.1, -0.05) is 41.0 Å². The number of hydrogen-bond donors (Lipinski definition) is 1. The van der Waals surface area contributed by atoms with Crippen LogP contribution in [0.3, 0.4) is 0 Å². The summed E-state index contributed by atoms with van der Waals surface area (Å²) in [5, 5.41) is 8.91. The maximum Gasteiger partial charge on any atom is 0.218 e. The number of nitrogens with zero attached hydrogens (tertiary/aromatic N) is 4. The van der Waals surface area contributed by atoms with Gasteiger partial charge in [0, 0.05) is 54.6 Å². The van der Waals surface area contributed by atoms with Crippen molar-refractivity contribution in [3.05, 3.63) is 46.9 Å². The molecule has 0 aliphatic carbocycles. The van der Waals surface area contributed by atoms with E-state index in [0.717, 1.165) is 35.9 Å². The van der Waals surface area contributed by atoms with Gasteiger partial charge in [-0.15, -0.1) is 0 Å². The maximum absolute atomic E-state index is 10.0. The molecule has 1 aliphatic rings. The van der Waals surface area contributed by atoms with Crippen LogP contribution in [0, 0.1) is 6.92 Å². The van der Waals surface area contributed by atoms with Crippen LogP contribution in [-0.2, 0) is 24.7 Å². The average molecular weight is 554 g/mol. The first-order valence-corrected chi connectivity index (χ1v) is 15.2. The van der Waals surface area contributed by atoms with Crippen LogP contribution >= 0.6 is 0 Å². The zero-order chi connectivity index (χ0) is 30.2. The second-order valence-electron chi connectivity index (χ2n) is 10.5. The van der Waals surface area contributed by atoms with E-state index in [4.69, 9.17) is 4.74 Å². The number of aryl methyl sites for hydroxylation is 3. The lowest BCUT2D eigenvalue weighted by atomic mass is 9.81. The Balaban J connectivity index is 0.000000323. The minimum absolute atomic E-state index is 0.289. The monoisotopic (exact) mass is 553 g/mol. The Bertz CT molecular complexity index is 1110. The summed E-state index contributed by atoms with van der Waals surface area (Å²) in [6.07, 6.45) is 11.5. The number of ether oxygens (including phenoxy) is 1. The second-order valence-corrected chi connectivity index (χ2v) is 10.5. The molecule has 0 saturated carbocycles. The van der Waals surface area contributed by atoms with E-state index < -0.39 is 0 Å². The maximum atomic E-state index is 10.0. The summed E-state index contributed by atoms with van der Waals surface area (Å²) in [6, 6.07) is 5.59. The van der Waals surface area contributed by atoms with E-state index in [1.54, 1.807) is 24.3 Å². The summed E-state index contributed by atoms with van der Waals surface area (Å²) in [7, 11) is 3.52. The van der Waals surface area contributed by atoms with Gasteiger partial charge in [-0.05, 0) is 89.0 Å². The first-order chi connectivity index (χ1) is 19.1. The molecule has 3 aromatic rings. The predicted octanol–water partition coefficient (Wildman–Crippen LogP) is 7.53. The van der Waals surface area contributed by atoms with Crippen molar-refractivity contribution in [3.63, 3.8) is 0 Å². The molecule has 0 aromatic carbocycles. The lowest BCUT2D eigenvalue weighted by Gasteiger charge is -2.34. The highest BCUT2D eigenvalue weighted by atomic mass is 16.5. The van der Waals surface area contributed by atoms with Gasteiger partial charge in [-0.2, -0.15) is 10.1 Å². The lowest BCUT2D eigenvalue weighted by Crippen LogP contribution is -2.41. The molecule has 7 nitrogen and oxygen atoms in total. The van der Waals surface area contributed by atoms with Gasteiger partial charge in [0.05, 0.1) is 7.11 Å². The minimum atomic E-state index is 0.289. The number of ketones is 1. The van der Waals surface area contributed by atoms with E-state index in [9.17, 15) is 4.79 Å². The molecule has 4 rings (SSSR count). The van der Waals surface area contributed by atoms with Crippen molar-refractivity contribution in [3.8, 4) is 5.88 Å². The van der Waals surface area contributed by atoms with Gasteiger partial charge < -0.3 is 14.8 Å². The molecule has 224 valence electrons. The Morgan fingerprint density at radius 2 is 1.77 bits per heavy atom. The molecule has 0 amide bonds. The van der Waals surface area contributed by atoms with Crippen LogP contribution in [0.4, 0.5) is 0 Å². The molecular weight excluding hydrogens is 498 g/mol. The summed E-state index contributed by atoms with van der Waals surface area (Å²) >= 11 is 0. The normalized spacial score (nSPS) is 17.9. The average Bonchev–Trinajstić information content (AvgIpc) is 3.29. The molecule has 7 heteroatoms. The highest BCUT2D eigenvalue weighted by molar-refractivity contribution is 5.76. The molecule has 40 heavy (non-hydrogen) atoms.